The van der Waals surface area contributed by atoms with E-state index in [1.165, 1.54) is 0 Å². The van der Waals surface area contributed by atoms with Crippen LogP contribution >= 0.6 is 0 Å². The summed E-state index contributed by atoms with van der Waals surface area (Å²) in [6.07, 6.45) is 2.77. The molecule has 0 aromatic carbocycles. The van der Waals surface area contributed by atoms with E-state index in [0.717, 1.165) is 13.0 Å². The van der Waals surface area contributed by atoms with Gasteiger partial charge in [-0.1, -0.05) is 13.0 Å². The third kappa shape index (κ3) is 5.15. The fourth-order valence-corrected chi connectivity index (χ4v) is 0.465. The maximum absolute atomic E-state index is 5.44. The summed E-state index contributed by atoms with van der Waals surface area (Å²) >= 11 is 0. The van der Waals surface area contributed by atoms with Crippen molar-refractivity contribution in [2.24, 2.45) is 10.7 Å². The zero-order chi connectivity index (χ0) is 7.82. The number of nitrogens with one attached hydrogen (secondary N) is 1. The lowest BCUT2D eigenvalue weighted by molar-refractivity contribution is 0.905. The van der Waals surface area contributed by atoms with Gasteiger partial charge in [0.1, 0.15) is 0 Å². The molecule has 0 saturated carbocycles. The summed E-state index contributed by atoms with van der Waals surface area (Å²) in [5.74, 6) is 0.502. The second-order valence-corrected chi connectivity index (χ2v) is 1.94. The molecule has 58 valence electrons. The average molecular weight is 141 g/mol. The number of hydrogen-bond donors (Lipinski definition) is 2. The summed E-state index contributed by atoms with van der Waals surface area (Å²) in [7, 11) is 0. The molecule has 0 amide bonds. The lowest BCUT2D eigenvalue weighted by Gasteiger charge is -1.99. The Morgan fingerprint density at radius 1 is 1.80 bits per heavy atom. The zero-order valence-corrected chi connectivity index (χ0v) is 6.43. The Bertz CT molecular complexity index is 118. The Morgan fingerprint density at radius 2 is 2.50 bits per heavy atom. The van der Waals surface area contributed by atoms with Crippen molar-refractivity contribution in [3.63, 3.8) is 0 Å². The average Bonchev–Trinajstić information content (AvgIpc) is 1.97. The van der Waals surface area contributed by atoms with E-state index in [9.17, 15) is 0 Å². The summed E-state index contributed by atoms with van der Waals surface area (Å²) in [5, 5.41) is 2.88. The van der Waals surface area contributed by atoms with Crippen LogP contribution in [0.4, 0.5) is 0 Å². The van der Waals surface area contributed by atoms with Gasteiger partial charge in [-0.15, -0.1) is 6.58 Å². The standard InChI is InChI=1S/C7H15N3/c1-3-5-9-7(8)10-6-4-2/h3H,1,4-6H2,2H3,(H3,8,9,10). The van der Waals surface area contributed by atoms with Crippen LogP contribution in [0.25, 0.3) is 0 Å². The molecular formula is C7H15N3. The van der Waals surface area contributed by atoms with Crippen molar-refractivity contribution < 1.29 is 0 Å². The van der Waals surface area contributed by atoms with Gasteiger partial charge in [-0.2, -0.15) is 0 Å². The summed E-state index contributed by atoms with van der Waals surface area (Å²) in [6.45, 7) is 7.07. The molecule has 0 aliphatic rings. The molecule has 10 heavy (non-hydrogen) atoms. The van der Waals surface area contributed by atoms with Gasteiger partial charge in [0.2, 0.25) is 0 Å². The molecule has 0 bridgehead atoms. The Kier molecular flexibility index (Phi) is 5.53. The third-order valence-electron chi connectivity index (χ3n) is 0.933. The molecule has 0 radical (unpaired) electrons. The molecule has 0 aliphatic heterocycles. The monoisotopic (exact) mass is 141 g/mol. The minimum Gasteiger partial charge on any atom is -0.370 e. The van der Waals surface area contributed by atoms with Gasteiger partial charge in [-0.25, -0.2) is 0 Å². The highest BCUT2D eigenvalue weighted by molar-refractivity contribution is 5.77. The third-order valence-corrected chi connectivity index (χ3v) is 0.933. The highest BCUT2D eigenvalue weighted by Gasteiger charge is 1.84. The van der Waals surface area contributed by atoms with Crippen LogP contribution in [0, 0.1) is 0 Å². The smallest absolute Gasteiger partial charge is 0.188 e. The first-order chi connectivity index (χ1) is 4.81. The van der Waals surface area contributed by atoms with Crippen molar-refractivity contribution >= 4 is 5.96 Å². The first-order valence-corrected chi connectivity index (χ1v) is 3.46. The molecule has 0 heterocycles. The Morgan fingerprint density at radius 3 is 3.00 bits per heavy atom. The molecule has 0 saturated heterocycles. The van der Waals surface area contributed by atoms with E-state index in [-0.39, 0.29) is 0 Å². The van der Waals surface area contributed by atoms with Crippen LogP contribution in [0.2, 0.25) is 0 Å². The van der Waals surface area contributed by atoms with Gasteiger partial charge in [0.05, 0.1) is 0 Å². The molecule has 0 rings (SSSR count). The predicted octanol–water partition coefficient (Wildman–Crippen LogP) is 0.487. The summed E-state index contributed by atoms with van der Waals surface area (Å²) in [5.41, 5.74) is 5.44. The highest BCUT2D eigenvalue weighted by atomic mass is 15.1. The lowest BCUT2D eigenvalue weighted by Crippen LogP contribution is -2.31. The number of aliphatic imine (C=N–C) groups is 1. The number of nitrogens with zero attached hydrogens (tertiary/aromatic N) is 1. The minimum atomic E-state index is 0.502. The second-order valence-electron chi connectivity index (χ2n) is 1.94. The van der Waals surface area contributed by atoms with E-state index in [2.05, 4.69) is 23.8 Å². The van der Waals surface area contributed by atoms with Crippen molar-refractivity contribution in [1.82, 2.24) is 5.32 Å². The molecular weight excluding hydrogens is 126 g/mol. The maximum Gasteiger partial charge on any atom is 0.188 e. The van der Waals surface area contributed by atoms with Gasteiger partial charge in [-0.05, 0) is 6.42 Å². The molecule has 3 N–H and O–H groups in total. The molecule has 3 nitrogen and oxygen atoms in total. The molecule has 0 atom stereocenters. The first-order valence-electron chi connectivity index (χ1n) is 3.46. The van der Waals surface area contributed by atoms with Crippen molar-refractivity contribution in [3.05, 3.63) is 12.7 Å². The van der Waals surface area contributed by atoms with Crippen LogP contribution in [0.1, 0.15) is 13.3 Å². The number of nitrogens with two attached hydrogens (primary N) is 1. The van der Waals surface area contributed by atoms with Gasteiger partial charge < -0.3 is 11.1 Å². The highest BCUT2D eigenvalue weighted by Crippen LogP contribution is 1.75. The van der Waals surface area contributed by atoms with Crippen LogP contribution in [-0.2, 0) is 0 Å². The van der Waals surface area contributed by atoms with Crippen LogP contribution < -0.4 is 11.1 Å². The fraction of sp³-hybridized carbons (Fsp3) is 0.571. The van der Waals surface area contributed by atoms with Crippen molar-refractivity contribution in [2.75, 3.05) is 13.1 Å². The molecule has 0 aliphatic carbocycles. The van der Waals surface area contributed by atoms with Gasteiger partial charge in [-0.3, -0.25) is 4.99 Å². The van der Waals surface area contributed by atoms with Crippen LogP contribution in [0.5, 0.6) is 0 Å². The van der Waals surface area contributed by atoms with Gasteiger partial charge >= 0.3 is 0 Å². The first kappa shape index (κ1) is 9.01. The summed E-state index contributed by atoms with van der Waals surface area (Å²) in [6, 6.07) is 0. The quantitative estimate of drug-likeness (QED) is 0.340. The number of hydrogen-bond acceptors (Lipinski definition) is 1. The molecule has 0 unspecified atom stereocenters. The molecule has 3 heteroatoms. The normalized spacial score (nSPS) is 11.1. The van der Waals surface area contributed by atoms with E-state index in [0.29, 0.717) is 12.5 Å². The van der Waals surface area contributed by atoms with Crippen LogP contribution in [-0.4, -0.2) is 19.0 Å². The summed E-state index contributed by atoms with van der Waals surface area (Å²) < 4.78 is 0. The maximum atomic E-state index is 5.44. The van der Waals surface area contributed by atoms with Crippen LogP contribution in [0.3, 0.4) is 0 Å². The van der Waals surface area contributed by atoms with E-state index in [1.54, 1.807) is 6.08 Å². The van der Waals surface area contributed by atoms with Crippen molar-refractivity contribution in [1.29, 1.82) is 0 Å². The zero-order valence-electron chi connectivity index (χ0n) is 6.43. The fourth-order valence-electron chi connectivity index (χ4n) is 0.465. The van der Waals surface area contributed by atoms with Crippen molar-refractivity contribution in [2.45, 2.75) is 13.3 Å². The van der Waals surface area contributed by atoms with E-state index >= 15 is 0 Å². The van der Waals surface area contributed by atoms with Crippen molar-refractivity contribution in [3.8, 4) is 0 Å². The SMILES string of the molecule is C=CCNC(N)=NCCC. The number of guanidine groups is 1. The van der Waals surface area contributed by atoms with E-state index in [1.807, 2.05) is 0 Å². The number of rotatable bonds is 4. The minimum absolute atomic E-state index is 0.502. The Hall–Kier alpha value is -0.990. The second kappa shape index (κ2) is 6.13. The lowest BCUT2D eigenvalue weighted by atomic mass is 10.5. The Balaban J connectivity index is 3.38. The van der Waals surface area contributed by atoms with E-state index in [4.69, 9.17) is 5.73 Å². The predicted molar refractivity (Wildman–Crippen MR) is 45.0 cm³/mol. The topological polar surface area (TPSA) is 50.4 Å². The molecule has 0 fully saturated rings. The molecule has 0 spiro atoms. The summed E-state index contributed by atoms with van der Waals surface area (Å²) in [4.78, 5) is 4.02. The molecule has 0 aromatic heterocycles. The van der Waals surface area contributed by atoms with Gasteiger partial charge in [0, 0.05) is 13.1 Å². The molecule has 0 aromatic rings. The largest absolute Gasteiger partial charge is 0.370 e. The van der Waals surface area contributed by atoms with Crippen LogP contribution in [0.15, 0.2) is 17.6 Å². The Labute approximate surface area is 62.0 Å². The van der Waals surface area contributed by atoms with Gasteiger partial charge in [0.15, 0.2) is 5.96 Å². The van der Waals surface area contributed by atoms with E-state index < -0.39 is 0 Å². The van der Waals surface area contributed by atoms with Gasteiger partial charge in [0.25, 0.3) is 0 Å².